The van der Waals surface area contributed by atoms with Crippen LogP contribution in [0.2, 0.25) is 5.02 Å². The first-order chi connectivity index (χ1) is 10.9. The van der Waals surface area contributed by atoms with E-state index < -0.39 is 10.8 Å². The molecule has 7 nitrogen and oxygen atoms in total. The third-order valence-electron chi connectivity index (χ3n) is 2.57. The van der Waals surface area contributed by atoms with Crippen molar-refractivity contribution in [3.63, 3.8) is 0 Å². The Balaban J connectivity index is 2.07. The van der Waals surface area contributed by atoms with Crippen LogP contribution in [0.15, 0.2) is 22.5 Å². The van der Waals surface area contributed by atoms with Gasteiger partial charge in [0.2, 0.25) is 5.13 Å². The number of nitro benzene ring substituents is 1. The predicted molar refractivity (Wildman–Crippen MR) is 91.5 cm³/mol. The van der Waals surface area contributed by atoms with Gasteiger partial charge in [0.1, 0.15) is 5.02 Å². The normalized spacial score (nSPS) is 10.8. The number of carbonyl (C=O) groups excluding carboxylic acids is 1. The molecule has 0 fully saturated rings. The molecule has 1 heterocycles. The smallest absolute Gasteiger partial charge is 0.288 e. The molecule has 2 aromatic rings. The number of nitrogens with one attached hydrogen (secondary N) is 1. The van der Waals surface area contributed by atoms with Gasteiger partial charge < -0.3 is 0 Å². The van der Waals surface area contributed by atoms with E-state index in [2.05, 4.69) is 29.4 Å². The molecule has 10 heteroatoms. The lowest BCUT2D eigenvalue weighted by Gasteiger charge is -2.02. The van der Waals surface area contributed by atoms with Crippen LogP contribution in [0, 0.1) is 16.0 Å². The second-order valence-electron chi connectivity index (χ2n) is 4.96. The number of hydrogen-bond acceptors (Lipinski definition) is 7. The Morgan fingerprint density at radius 1 is 1.48 bits per heavy atom. The monoisotopic (exact) mass is 372 g/mol. The average molecular weight is 373 g/mol. The van der Waals surface area contributed by atoms with Crippen LogP contribution in [-0.4, -0.2) is 26.8 Å². The van der Waals surface area contributed by atoms with Gasteiger partial charge in [-0.2, -0.15) is 0 Å². The Kier molecular flexibility index (Phi) is 5.91. The molecule has 0 saturated heterocycles. The largest absolute Gasteiger partial charge is 0.296 e. The highest BCUT2D eigenvalue weighted by atomic mass is 35.5. The number of halogens is 1. The molecular weight excluding hydrogens is 360 g/mol. The number of aromatic nitrogens is 2. The first-order valence-electron chi connectivity index (χ1n) is 6.58. The van der Waals surface area contributed by atoms with Crippen LogP contribution >= 0.6 is 34.7 Å². The minimum Gasteiger partial charge on any atom is -0.296 e. The molecule has 1 aromatic heterocycles. The lowest BCUT2D eigenvalue weighted by Crippen LogP contribution is -2.12. The van der Waals surface area contributed by atoms with Crippen LogP contribution in [0.4, 0.5) is 10.8 Å². The van der Waals surface area contributed by atoms with Crippen molar-refractivity contribution in [1.29, 1.82) is 0 Å². The highest BCUT2D eigenvalue weighted by molar-refractivity contribution is 8.01. The van der Waals surface area contributed by atoms with Crippen molar-refractivity contribution in [2.24, 2.45) is 5.92 Å². The third kappa shape index (κ3) is 4.88. The number of nitro groups is 1. The minimum atomic E-state index is -0.634. The topological polar surface area (TPSA) is 98.0 Å². The van der Waals surface area contributed by atoms with E-state index in [9.17, 15) is 14.9 Å². The van der Waals surface area contributed by atoms with Crippen molar-refractivity contribution < 1.29 is 9.72 Å². The molecule has 23 heavy (non-hydrogen) atoms. The van der Waals surface area contributed by atoms with Crippen molar-refractivity contribution in [3.05, 3.63) is 38.9 Å². The van der Waals surface area contributed by atoms with Crippen LogP contribution in [0.25, 0.3) is 0 Å². The molecule has 2 rings (SSSR count). The molecule has 0 aliphatic rings. The molecule has 0 atom stereocenters. The minimum absolute atomic E-state index is 0.0187. The number of rotatable bonds is 6. The van der Waals surface area contributed by atoms with E-state index in [1.54, 1.807) is 11.8 Å². The standard InChI is InChI=1S/C13H13ClN4O3S2/c1-7(2)6-22-13-17-16-12(23-13)15-11(19)8-3-4-9(14)10(5-8)18(20)21/h3-5,7H,6H2,1-2H3,(H,15,16,19). The molecule has 0 spiro atoms. The lowest BCUT2D eigenvalue weighted by atomic mass is 10.2. The number of hydrogen-bond donors (Lipinski definition) is 1. The summed E-state index contributed by atoms with van der Waals surface area (Å²) in [6.45, 7) is 4.20. The Morgan fingerprint density at radius 3 is 2.87 bits per heavy atom. The van der Waals surface area contributed by atoms with Gasteiger partial charge in [0.25, 0.3) is 11.6 Å². The van der Waals surface area contributed by atoms with E-state index in [0.29, 0.717) is 11.0 Å². The van der Waals surface area contributed by atoms with Gasteiger partial charge in [-0.25, -0.2) is 0 Å². The zero-order chi connectivity index (χ0) is 17.0. The fourth-order valence-corrected chi connectivity index (χ4v) is 3.43. The van der Waals surface area contributed by atoms with Gasteiger partial charge in [-0.1, -0.05) is 48.5 Å². The Labute approximate surface area is 145 Å². The highest BCUT2D eigenvalue weighted by Crippen LogP contribution is 2.28. The maximum atomic E-state index is 12.1. The SMILES string of the molecule is CC(C)CSc1nnc(NC(=O)c2ccc(Cl)c([N+](=O)[O-])c2)s1. The highest BCUT2D eigenvalue weighted by Gasteiger charge is 2.17. The number of anilines is 1. The molecule has 1 aromatic carbocycles. The molecule has 0 unspecified atom stereocenters. The fourth-order valence-electron chi connectivity index (χ4n) is 1.52. The summed E-state index contributed by atoms with van der Waals surface area (Å²) >= 11 is 8.55. The molecule has 0 bridgehead atoms. The Bertz CT molecular complexity index is 736. The third-order valence-corrected chi connectivity index (χ3v) is 5.29. The Hall–Kier alpha value is -1.71. The van der Waals surface area contributed by atoms with Gasteiger partial charge >= 0.3 is 0 Å². The molecule has 0 aliphatic heterocycles. The van der Waals surface area contributed by atoms with Gasteiger partial charge in [-0.05, 0) is 18.1 Å². The molecule has 122 valence electrons. The lowest BCUT2D eigenvalue weighted by molar-refractivity contribution is -0.384. The van der Waals surface area contributed by atoms with Gasteiger partial charge in [0.15, 0.2) is 4.34 Å². The number of benzene rings is 1. The molecule has 0 aliphatic carbocycles. The van der Waals surface area contributed by atoms with Crippen molar-refractivity contribution >= 4 is 51.4 Å². The molecule has 1 amide bonds. The van der Waals surface area contributed by atoms with E-state index in [-0.39, 0.29) is 16.3 Å². The van der Waals surface area contributed by atoms with E-state index >= 15 is 0 Å². The predicted octanol–water partition coefficient (Wildman–Crippen LogP) is 4.10. The second kappa shape index (κ2) is 7.71. The van der Waals surface area contributed by atoms with Crippen molar-refractivity contribution in [3.8, 4) is 0 Å². The summed E-state index contributed by atoms with van der Waals surface area (Å²) in [4.78, 5) is 22.3. The second-order valence-corrected chi connectivity index (χ2v) is 7.61. The maximum absolute atomic E-state index is 12.1. The summed E-state index contributed by atoms with van der Waals surface area (Å²) in [6.07, 6.45) is 0. The molecular formula is C13H13ClN4O3S2. The van der Waals surface area contributed by atoms with Gasteiger partial charge in [0, 0.05) is 17.4 Å². The summed E-state index contributed by atoms with van der Waals surface area (Å²) in [6, 6.07) is 3.87. The fraction of sp³-hybridized carbons (Fsp3) is 0.308. The average Bonchev–Trinajstić information content (AvgIpc) is 2.92. The molecule has 1 N–H and O–H groups in total. The Morgan fingerprint density at radius 2 is 2.22 bits per heavy atom. The van der Waals surface area contributed by atoms with Crippen LogP contribution in [0.5, 0.6) is 0 Å². The van der Waals surface area contributed by atoms with E-state index in [4.69, 9.17) is 11.6 Å². The van der Waals surface area contributed by atoms with Crippen molar-refractivity contribution in [2.75, 3.05) is 11.1 Å². The number of amides is 1. The van der Waals surface area contributed by atoms with Crippen molar-refractivity contribution in [1.82, 2.24) is 10.2 Å². The van der Waals surface area contributed by atoms with Crippen LogP contribution in [0.3, 0.4) is 0 Å². The molecule has 0 saturated carbocycles. The van der Waals surface area contributed by atoms with Crippen LogP contribution in [-0.2, 0) is 0 Å². The zero-order valence-corrected chi connectivity index (χ0v) is 14.7. The summed E-state index contributed by atoms with van der Waals surface area (Å²) in [5, 5.41) is 21.6. The summed E-state index contributed by atoms with van der Waals surface area (Å²) < 4.78 is 0.760. The maximum Gasteiger partial charge on any atom is 0.288 e. The van der Waals surface area contributed by atoms with Gasteiger partial charge in [0.05, 0.1) is 4.92 Å². The van der Waals surface area contributed by atoms with Crippen LogP contribution in [0.1, 0.15) is 24.2 Å². The number of carbonyl (C=O) groups is 1. The van der Waals surface area contributed by atoms with E-state index in [1.165, 1.54) is 23.5 Å². The summed E-state index contributed by atoms with van der Waals surface area (Å²) in [5.74, 6) is 0.935. The van der Waals surface area contributed by atoms with Crippen LogP contribution < -0.4 is 5.32 Å². The van der Waals surface area contributed by atoms with Gasteiger partial charge in [-0.3, -0.25) is 20.2 Å². The quantitative estimate of drug-likeness (QED) is 0.354. The zero-order valence-electron chi connectivity index (χ0n) is 12.3. The number of nitrogens with zero attached hydrogens (tertiary/aromatic N) is 3. The van der Waals surface area contributed by atoms with E-state index in [0.717, 1.165) is 16.2 Å². The van der Waals surface area contributed by atoms with Gasteiger partial charge in [-0.15, -0.1) is 10.2 Å². The van der Waals surface area contributed by atoms with E-state index in [1.807, 2.05) is 0 Å². The summed E-state index contributed by atoms with van der Waals surface area (Å²) in [7, 11) is 0. The first kappa shape index (κ1) is 17.6. The van der Waals surface area contributed by atoms with Crippen molar-refractivity contribution in [2.45, 2.75) is 18.2 Å². The molecule has 0 radical (unpaired) electrons. The first-order valence-corrected chi connectivity index (χ1v) is 8.76. The number of thioether (sulfide) groups is 1. The summed E-state index contributed by atoms with van der Waals surface area (Å²) in [5.41, 5.74) is -0.183.